The van der Waals surface area contributed by atoms with Crippen LogP contribution in [0.2, 0.25) is 0 Å². The normalized spacial score (nSPS) is 12.5. The molecule has 0 saturated carbocycles. The molecule has 0 spiro atoms. The third-order valence-corrected chi connectivity index (χ3v) is 8.97. The van der Waals surface area contributed by atoms with Gasteiger partial charge in [0, 0.05) is 17.5 Å². The fraction of sp³-hybridized carbons (Fsp3) is 0.286. The van der Waals surface area contributed by atoms with E-state index in [2.05, 4.69) is 5.32 Å². The average molecular weight is 619 g/mol. The van der Waals surface area contributed by atoms with E-state index < -0.39 is 44.3 Å². The van der Waals surface area contributed by atoms with Gasteiger partial charge in [0.2, 0.25) is 15.9 Å². The number of sulfonamides is 1. The molecule has 0 aliphatic rings. The predicted octanol–water partition coefficient (Wildman–Crippen LogP) is 2.82. The number of carbonyl (C=O) groups excluding carboxylic acids is 2. The molecule has 1 atom stereocenters. The minimum Gasteiger partial charge on any atom is -0.465 e. The van der Waals surface area contributed by atoms with E-state index in [-0.39, 0.29) is 29.3 Å². The van der Waals surface area contributed by atoms with Crippen molar-refractivity contribution in [2.75, 3.05) is 42.2 Å². The van der Waals surface area contributed by atoms with E-state index in [4.69, 9.17) is 10.5 Å². The van der Waals surface area contributed by atoms with E-state index in [0.29, 0.717) is 27.9 Å². The van der Waals surface area contributed by atoms with E-state index in [1.807, 2.05) is 5.48 Å². The zero-order valence-corrected chi connectivity index (χ0v) is 25.3. The zero-order valence-electron chi connectivity index (χ0n) is 23.6. The topological polar surface area (TPSA) is 185 Å². The van der Waals surface area contributed by atoms with Gasteiger partial charge in [-0.2, -0.15) is 4.31 Å². The molecule has 14 heteroatoms. The number of amides is 1. The second-order valence-electron chi connectivity index (χ2n) is 9.59. The number of nitrogens with zero attached hydrogens (tertiary/aromatic N) is 1. The van der Waals surface area contributed by atoms with Gasteiger partial charge in [-0.15, -0.1) is 0 Å². The third kappa shape index (κ3) is 7.85. The Hall–Kier alpha value is -3.98. The van der Waals surface area contributed by atoms with Crippen LogP contribution in [0.3, 0.4) is 0 Å². The van der Waals surface area contributed by atoms with E-state index in [9.17, 15) is 31.6 Å². The van der Waals surface area contributed by atoms with Gasteiger partial charge in [0.1, 0.15) is 12.6 Å². The number of sulfone groups is 1. The Morgan fingerprint density at radius 1 is 1.00 bits per heavy atom. The third-order valence-electron chi connectivity index (χ3n) is 6.58. The Morgan fingerprint density at radius 2 is 1.64 bits per heavy atom. The van der Waals surface area contributed by atoms with Crippen molar-refractivity contribution >= 4 is 48.8 Å². The first-order valence-electron chi connectivity index (χ1n) is 12.8. The van der Waals surface area contributed by atoms with Crippen molar-refractivity contribution < 1.29 is 36.4 Å². The Balaban J connectivity index is 1.99. The molecule has 1 amide bonds. The Morgan fingerprint density at radius 3 is 2.21 bits per heavy atom. The molecule has 3 aromatic rings. The largest absolute Gasteiger partial charge is 0.465 e. The summed E-state index contributed by atoms with van der Waals surface area (Å²) < 4.78 is 55.9. The standard InChI is InChI=1S/C28H34N4O8S2/c1-5-40-26(33)17-32(42(4,38)39)24(16-20-12-15-23(31-35)27(29)18(20)2)28(34)30-21-13-10-19(11-14-21)22-8-6-7-9-25(22)41(3,36)37/h6-15,24,31,35H,5,16-17,29H2,1-4H3,(H,30,34). The molecule has 42 heavy (non-hydrogen) atoms. The number of ether oxygens (including phenoxy) is 1. The van der Waals surface area contributed by atoms with Gasteiger partial charge < -0.3 is 15.8 Å². The van der Waals surface area contributed by atoms with Crippen LogP contribution in [0.15, 0.2) is 65.6 Å². The van der Waals surface area contributed by atoms with Crippen LogP contribution in [0.4, 0.5) is 17.1 Å². The number of nitrogen functional groups attached to an aromatic ring is 1. The second kappa shape index (κ2) is 13.3. The molecule has 5 N–H and O–H groups in total. The summed E-state index contributed by atoms with van der Waals surface area (Å²) in [7, 11) is -7.60. The van der Waals surface area contributed by atoms with Gasteiger partial charge in [0.15, 0.2) is 9.84 Å². The molecule has 0 aliphatic heterocycles. The van der Waals surface area contributed by atoms with Crippen molar-refractivity contribution in [3.63, 3.8) is 0 Å². The minimum atomic E-state index is -4.10. The zero-order chi connectivity index (χ0) is 31.2. The van der Waals surface area contributed by atoms with Gasteiger partial charge in [0.05, 0.1) is 29.1 Å². The molecule has 0 heterocycles. The lowest BCUT2D eigenvalue weighted by atomic mass is 9.98. The van der Waals surface area contributed by atoms with E-state index >= 15 is 0 Å². The summed E-state index contributed by atoms with van der Waals surface area (Å²) in [5.41, 5.74) is 10.9. The number of hydrogen-bond acceptors (Lipinski definition) is 10. The highest BCUT2D eigenvalue weighted by atomic mass is 32.2. The molecule has 12 nitrogen and oxygen atoms in total. The number of nitrogens with two attached hydrogens (primary N) is 1. The molecule has 0 aromatic heterocycles. The van der Waals surface area contributed by atoms with Gasteiger partial charge >= 0.3 is 5.97 Å². The van der Waals surface area contributed by atoms with Gasteiger partial charge in [-0.05, 0) is 61.2 Å². The molecule has 1 unspecified atom stereocenters. The first kappa shape index (κ1) is 32.5. The molecule has 3 rings (SSSR count). The molecule has 3 aromatic carbocycles. The number of rotatable bonds is 12. The summed E-state index contributed by atoms with van der Waals surface area (Å²) >= 11 is 0. The maximum Gasteiger partial charge on any atom is 0.321 e. The van der Waals surface area contributed by atoms with Gasteiger partial charge in [-0.3, -0.25) is 20.3 Å². The number of esters is 1. The number of carbonyl (C=O) groups is 2. The maximum atomic E-state index is 13.7. The quantitative estimate of drug-likeness (QED) is 0.134. The predicted molar refractivity (Wildman–Crippen MR) is 160 cm³/mol. The van der Waals surface area contributed by atoms with Gasteiger partial charge in [0.25, 0.3) is 0 Å². The van der Waals surface area contributed by atoms with Crippen LogP contribution >= 0.6 is 0 Å². The average Bonchev–Trinajstić information content (AvgIpc) is 2.92. The van der Waals surface area contributed by atoms with Gasteiger partial charge in [-0.1, -0.05) is 36.4 Å². The number of anilines is 3. The molecular weight excluding hydrogens is 584 g/mol. The van der Waals surface area contributed by atoms with Crippen LogP contribution in [0.25, 0.3) is 11.1 Å². The first-order chi connectivity index (χ1) is 19.7. The van der Waals surface area contributed by atoms with Gasteiger partial charge in [-0.25, -0.2) is 16.8 Å². The molecule has 0 fully saturated rings. The fourth-order valence-electron chi connectivity index (χ4n) is 4.41. The molecule has 226 valence electrons. The molecule has 0 bridgehead atoms. The Kier molecular flexibility index (Phi) is 10.3. The Labute approximate surface area is 245 Å². The van der Waals surface area contributed by atoms with Crippen molar-refractivity contribution in [3.8, 4) is 11.1 Å². The van der Waals surface area contributed by atoms with Crippen molar-refractivity contribution in [3.05, 3.63) is 71.8 Å². The van der Waals surface area contributed by atoms with E-state index in [1.54, 1.807) is 62.4 Å². The number of nitrogens with one attached hydrogen (secondary N) is 2. The summed E-state index contributed by atoms with van der Waals surface area (Å²) in [6.07, 6.45) is 1.86. The van der Waals surface area contributed by atoms with Crippen LogP contribution in [0.5, 0.6) is 0 Å². The molecule has 0 aliphatic carbocycles. The van der Waals surface area contributed by atoms with Crippen molar-refractivity contribution in [1.29, 1.82) is 0 Å². The lowest BCUT2D eigenvalue weighted by Crippen LogP contribution is -2.50. The van der Waals surface area contributed by atoms with E-state index in [1.165, 1.54) is 12.1 Å². The minimum absolute atomic E-state index is 0.0212. The summed E-state index contributed by atoms with van der Waals surface area (Å²) in [6.45, 7) is 2.56. The smallest absolute Gasteiger partial charge is 0.321 e. The lowest BCUT2D eigenvalue weighted by molar-refractivity contribution is -0.143. The van der Waals surface area contributed by atoms with Crippen molar-refractivity contribution in [2.45, 2.75) is 31.2 Å². The van der Waals surface area contributed by atoms with Crippen LogP contribution in [0.1, 0.15) is 18.1 Å². The highest BCUT2D eigenvalue weighted by molar-refractivity contribution is 7.90. The lowest BCUT2D eigenvalue weighted by Gasteiger charge is -2.29. The number of hydrogen-bond donors (Lipinski definition) is 4. The maximum absolute atomic E-state index is 13.7. The monoisotopic (exact) mass is 618 g/mol. The SMILES string of the molecule is CCOC(=O)CN(C(Cc1ccc(NO)c(N)c1C)C(=O)Nc1ccc(-c2ccccc2S(C)(=O)=O)cc1)S(C)(=O)=O. The highest BCUT2D eigenvalue weighted by Gasteiger charge is 2.35. The van der Waals surface area contributed by atoms with Crippen LogP contribution in [-0.4, -0.2) is 69.9 Å². The first-order valence-corrected chi connectivity index (χ1v) is 16.5. The van der Waals surface area contributed by atoms with Crippen molar-refractivity contribution in [2.24, 2.45) is 0 Å². The summed E-state index contributed by atoms with van der Waals surface area (Å²) in [4.78, 5) is 26.2. The summed E-state index contributed by atoms with van der Waals surface area (Å²) in [5, 5.41) is 12.0. The summed E-state index contributed by atoms with van der Waals surface area (Å²) in [6, 6.07) is 14.6. The fourth-order valence-corrected chi connectivity index (χ4v) is 6.29. The van der Waals surface area contributed by atoms with Crippen LogP contribution in [-0.2, 0) is 40.6 Å². The van der Waals surface area contributed by atoms with Crippen LogP contribution in [0, 0.1) is 6.92 Å². The molecule has 0 saturated heterocycles. The molecule has 0 radical (unpaired) electrons. The highest BCUT2D eigenvalue weighted by Crippen LogP contribution is 2.30. The van der Waals surface area contributed by atoms with Crippen LogP contribution < -0.4 is 16.5 Å². The second-order valence-corrected chi connectivity index (χ2v) is 13.5. The number of benzene rings is 3. The Bertz CT molecular complexity index is 1670. The van der Waals surface area contributed by atoms with Crippen molar-refractivity contribution in [1.82, 2.24) is 4.31 Å². The summed E-state index contributed by atoms with van der Waals surface area (Å²) in [5.74, 6) is -1.55. The van der Waals surface area contributed by atoms with E-state index in [0.717, 1.165) is 16.8 Å². The molecular formula is C28H34N4O8S2.